The van der Waals surface area contributed by atoms with E-state index in [0.717, 1.165) is 45.1 Å². The fourth-order valence-electron chi connectivity index (χ4n) is 3.83. The highest BCUT2D eigenvalue weighted by molar-refractivity contribution is 5.80. The van der Waals surface area contributed by atoms with Crippen LogP contribution in [0.5, 0.6) is 0 Å². The summed E-state index contributed by atoms with van der Waals surface area (Å²) in [5.41, 5.74) is 1.31. The third-order valence-electron chi connectivity index (χ3n) is 5.37. The quantitative estimate of drug-likeness (QED) is 0.622. The van der Waals surface area contributed by atoms with Crippen LogP contribution in [0.2, 0.25) is 0 Å². The minimum Gasteiger partial charge on any atom is -0.371 e. The third kappa shape index (κ3) is 4.68. The number of benzene rings is 1. The molecule has 6 heteroatoms. The normalized spacial score (nSPS) is 23.4. The van der Waals surface area contributed by atoms with Gasteiger partial charge in [-0.05, 0) is 30.9 Å². The van der Waals surface area contributed by atoms with Gasteiger partial charge in [-0.2, -0.15) is 0 Å². The lowest BCUT2D eigenvalue weighted by Gasteiger charge is -2.21. The molecule has 26 heavy (non-hydrogen) atoms. The monoisotopic (exact) mass is 357 g/mol. The second-order valence-electron chi connectivity index (χ2n) is 7.21. The molecule has 2 unspecified atom stereocenters. The topological polar surface area (TPSA) is 60.0 Å². The van der Waals surface area contributed by atoms with Crippen molar-refractivity contribution in [2.45, 2.75) is 32.2 Å². The molecule has 0 bridgehead atoms. The second kappa shape index (κ2) is 8.92. The average molecular weight is 358 g/mol. The molecule has 2 aliphatic rings. The highest BCUT2D eigenvalue weighted by atomic mass is 16.2. The van der Waals surface area contributed by atoms with E-state index in [-0.39, 0.29) is 5.91 Å². The van der Waals surface area contributed by atoms with Crippen molar-refractivity contribution in [1.29, 1.82) is 0 Å². The number of likely N-dealkylation sites (tertiary alicyclic amines) is 1. The van der Waals surface area contributed by atoms with Gasteiger partial charge in [-0.3, -0.25) is 9.79 Å². The van der Waals surface area contributed by atoms with E-state index in [2.05, 4.69) is 50.9 Å². The van der Waals surface area contributed by atoms with E-state index in [9.17, 15) is 4.79 Å². The van der Waals surface area contributed by atoms with Gasteiger partial charge < -0.3 is 20.4 Å². The first-order chi connectivity index (χ1) is 12.7. The number of guanidine groups is 1. The van der Waals surface area contributed by atoms with Gasteiger partial charge >= 0.3 is 0 Å². The number of amides is 1. The largest absolute Gasteiger partial charge is 0.371 e. The molecule has 0 aromatic heterocycles. The van der Waals surface area contributed by atoms with Crippen LogP contribution < -0.4 is 15.5 Å². The number of hydrogen-bond acceptors (Lipinski definition) is 3. The molecule has 0 saturated carbocycles. The summed E-state index contributed by atoms with van der Waals surface area (Å²) in [6, 6.07) is 10.9. The predicted octanol–water partition coefficient (Wildman–Crippen LogP) is 1.69. The van der Waals surface area contributed by atoms with Gasteiger partial charge in [-0.15, -0.1) is 0 Å². The van der Waals surface area contributed by atoms with E-state index in [1.165, 1.54) is 12.1 Å². The highest BCUT2D eigenvalue weighted by Gasteiger charge is 2.26. The van der Waals surface area contributed by atoms with Crippen molar-refractivity contribution in [2.75, 3.05) is 44.7 Å². The maximum absolute atomic E-state index is 11.8. The summed E-state index contributed by atoms with van der Waals surface area (Å²) in [5, 5.41) is 6.95. The van der Waals surface area contributed by atoms with E-state index in [4.69, 9.17) is 0 Å². The maximum Gasteiger partial charge on any atom is 0.222 e. The Balaban J connectivity index is 1.42. The molecular formula is C20H31N5O. The van der Waals surface area contributed by atoms with Crippen LogP contribution >= 0.6 is 0 Å². The van der Waals surface area contributed by atoms with Gasteiger partial charge in [0.05, 0.1) is 0 Å². The lowest BCUT2D eigenvalue weighted by atomic mass is 10.1. The van der Waals surface area contributed by atoms with Crippen molar-refractivity contribution in [1.82, 2.24) is 15.5 Å². The van der Waals surface area contributed by atoms with E-state index in [0.29, 0.717) is 18.4 Å². The van der Waals surface area contributed by atoms with Crippen molar-refractivity contribution in [3.63, 3.8) is 0 Å². The zero-order chi connectivity index (χ0) is 18.4. The van der Waals surface area contributed by atoms with Crippen LogP contribution in [0.25, 0.3) is 0 Å². The van der Waals surface area contributed by atoms with Gasteiger partial charge in [-0.25, -0.2) is 0 Å². The first kappa shape index (κ1) is 18.5. The molecule has 1 amide bonds. The van der Waals surface area contributed by atoms with Crippen molar-refractivity contribution in [3.05, 3.63) is 30.3 Å². The summed E-state index contributed by atoms with van der Waals surface area (Å²) in [6.07, 6.45) is 2.76. The number of anilines is 1. The Morgan fingerprint density at radius 2 is 2.00 bits per heavy atom. The standard InChI is InChI=1S/C20H31N5O/c1-3-19(26)25-12-10-17(15-25)23-20(21-2)22-13-16-9-11-24(14-16)18-7-5-4-6-8-18/h4-8,16-17H,3,9-15H2,1-2H3,(H2,21,22,23). The minimum atomic E-state index is 0.240. The molecule has 0 radical (unpaired) electrons. The molecule has 1 aromatic rings. The van der Waals surface area contributed by atoms with Crippen molar-refractivity contribution >= 4 is 17.6 Å². The van der Waals surface area contributed by atoms with Crippen LogP contribution in [0.3, 0.4) is 0 Å². The Morgan fingerprint density at radius 3 is 2.73 bits per heavy atom. The number of aliphatic imine (C=N–C) groups is 1. The zero-order valence-corrected chi connectivity index (χ0v) is 15.9. The Hall–Kier alpha value is -2.24. The van der Waals surface area contributed by atoms with Crippen molar-refractivity contribution < 1.29 is 4.79 Å². The molecule has 142 valence electrons. The number of carbonyl (C=O) groups is 1. The molecule has 2 fully saturated rings. The fraction of sp³-hybridized carbons (Fsp3) is 0.600. The van der Waals surface area contributed by atoms with E-state index >= 15 is 0 Å². The number of rotatable bonds is 5. The molecule has 2 atom stereocenters. The maximum atomic E-state index is 11.8. The number of carbonyl (C=O) groups excluding carboxylic acids is 1. The second-order valence-corrected chi connectivity index (χ2v) is 7.21. The number of nitrogens with one attached hydrogen (secondary N) is 2. The first-order valence-corrected chi connectivity index (χ1v) is 9.74. The molecule has 0 aliphatic carbocycles. The summed E-state index contributed by atoms with van der Waals surface area (Å²) >= 11 is 0. The molecule has 3 rings (SSSR count). The summed E-state index contributed by atoms with van der Waals surface area (Å²) in [6.45, 7) is 6.65. The van der Waals surface area contributed by atoms with Crippen LogP contribution in [-0.4, -0.2) is 62.6 Å². The van der Waals surface area contributed by atoms with Crippen LogP contribution in [-0.2, 0) is 4.79 Å². The number of para-hydroxylation sites is 1. The lowest BCUT2D eigenvalue weighted by Crippen LogP contribution is -2.46. The molecule has 2 aliphatic heterocycles. The SMILES string of the molecule is CCC(=O)N1CCC(NC(=NC)NCC2CCN(c3ccccc3)C2)C1. The van der Waals surface area contributed by atoms with Gasteiger partial charge in [0, 0.05) is 57.9 Å². The average Bonchev–Trinajstić information content (AvgIpc) is 3.35. The number of nitrogens with zero attached hydrogens (tertiary/aromatic N) is 3. The van der Waals surface area contributed by atoms with Gasteiger partial charge in [-0.1, -0.05) is 25.1 Å². The Bertz CT molecular complexity index is 618. The lowest BCUT2D eigenvalue weighted by molar-refractivity contribution is -0.129. The van der Waals surface area contributed by atoms with Gasteiger partial charge in [0.15, 0.2) is 5.96 Å². The predicted molar refractivity (Wildman–Crippen MR) is 107 cm³/mol. The van der Waals surface area contributed by atoms with Crippen LogP contribution in [0.1, 0.15) is 26.2 Å². The van der Waals surface area contributed by atoms with E-state index in [1.54, 1.807) is 0 Å². The smallest absolute Gasteiger partial charge is 0.222 e. The Labute approximate surface area is 156 Å². The molecule has 1 aromatic carbocycles. The van der Waals surface area contributed by atoms with Crippen LogP contribution in [0.15, 0.2) is 35.3 Å². The molecule has 2 saturated heterocycles. The molecule has 0 spiro atoms. The van der Waals surface area contributed by atoms with Gasteiger partial charge in [0.25, 0.3) is 0 Å². The third-order valence-corrected chi connectivity index (χ3v) is 5.37. The van der Waals surface area contributed by atoms with Gasteiger partial charge in [0.2, 0.25) is 5.91 Å². The molecule has 2 N–H and O–H groups in total. The van der Waals surface area contributed by atoms with Gasteiger partial charge in [0.1, 0.15) is 0 Å². The summed E-state index contributed by atoms with van der Waals surface area (Å²) in [5.74, 6) is 1.71. The summed E-state index contributed by atoms with van der Waals surface area (Å²) in [7, 11) is 1.81. The Kier molecular flexibility index (Phi) is 6.36. The zero-order valence-electron chi connectivity index (χ0n) is 15.9. The van der Waals surface area contributed by atoms with Crippen LogP contribution in [0.4, 0.5) is 5.69 Å². The highest BCUT2D eigenvalue weighted by Crippen LogP contribution is 2.22. The van der Waals surface area contributed by atoms with Crippen molar-refractivity contribution in [2.24, 2.45) is 10.9 Å². The molecule has 2 heterocycles. The molecule has 6 nitrogen and oxygen atoms in total. The van der Waals surface area contributed by atoms with E-state index < -0.39 is 0 Å². The van der Waals surface area contributed by atoms with Crippen molar-refractivity contribution in [3.8, 4) is 0 Å². The fourth-order valence-corrected chi connectivity index (χ4v) is 3.83. The summed E-state index contributed by atoms with van der Waals surface area (Å²) in [4.78, 5) is 20.6. The van der Waals surface area contributed by atoms with E-state index in [1.807, 2.05) is 18.9 Å². The Morgan fingerprint density at radius 1 is 1.19 bits per heavy atom. The summed E-state index contributed by atoms with van der Waals surface area (Å²) < 4.78 is 0. The van der Waals surface area contributed by atoms with Crippen LogP contribution in [0, 0.1) is 5.92 Å². The number of hydrogen-bond donors (Lipinski definition) is 2. The minimum absolute atomic E-state index is 0.240. The molecular weight excluding hydrogens is 326 g/mol. The first-order valence-electron chi connectivity index (χ1n) is 9.74.